The number of ether oxygens (including phenoxy) is 1. The topological polar surface area (TPSA) is 39.4 Å². The van der Waals surface area contributed by atoms with Crippen molar-refractivity contribution in [2.45, 2.75) is 13.3 Å². The van der Waals surface area contributed by atoms with E-state index in [2.05, 4.69) is 0 Å². The molecule has 0 amide bonds. The fourth-order valence-electron chi connectivity index (χ4n) is 1.77. The number of carbonyl (C=O) groups excluding carboxylic acids is 1. The molecular weight excluding hydrogens is 252 g/mol. The summed E-state index contributed by atoms with van der Waals surface area (Å²) in [6, 6.07) is 6.67. The molecule has 0 N–H and O–H groups in total. The summed E-state index contributed by atoms with van der Waals surface area (Å²) in [7, 11) is 1.55. The van der Waals surface area contributed by atoms with Crippen molar-refractivity contribution in [3.8, 4) is 5.75 Å². The van der Waals surface area contributed by atoms with Gasteiger partial charge in [0.25, 0.3) is 0 Å². The van der Waals surface area contributed by atoms with Crippen LogP contribution in [0.5, 0.6) is 5.75 Å². The molecule has 1 aromatic heterocycles. The molecule has 0 radical (unpaired) electrons. The fourth-order valence-corrected chi connectivity index (χ4v) is 2.03. The Balaban J connectivity index is 2.40. The van der Waals surface area contributed by atoms with Gasteiger partial charge in [-0.3, -0.25) is 4.79 Å². The predicted molar refractivity (Wildman–Crippen MR) is 69.5 cm³/mol. The third-order valence-corrected chi connectivity index (χ3v) is 3.04. The van der Waals surface area contributed by atoms with E-state index in [0.29, 0.717) is 34.1 Å². The van der Waals surface area contributed by atoms with Crippen molar-refractivity contribution in [1.82, 2.24) is 0 Å². The van der Waals surface area contributed by atoms with Crippen LogP contribution in [0.15, 0.2) is 34.9 Å². The highest BCUT2D eigenvalue weighted by Crippen LogP contribution is 2.26. The van der Waals surface area contributed by atoms with Gasteiger partial charge in [0.1, 0.15) is 11.5 Å². The zero-order valence-electron chi connectivity index (χ0n) is 10.2. The van der Waals surface area contributed by atoms with Gasteiger partial charge in [-0.25, -0.2) is 0 Å². The molecule has 18 heavy (non-hydrogen) atoms. The summed E-state index contributed by atoms with van der Waals surface area (Å²) >= 11 is 6.08. The second-order valence-corrected chi connectivity index (χ2v) is 4.19. The lowest BCUT2D eigenvalue weighted by atomic mass is 10.0. The van der Waals surface area contributed by atoms with Gasteiger partial charge in [-0.05, 0) is 24.3 Å². The molecular formula is C14H13ClO3. The Morgan fingerprint density at radius 2 is 2.11 bits per heavy atom. The lowest BCUT2D eigenvalue weighted by Crippen LogP contribution is -2.03. The normalized spacial score (nSPS) is 10.4. The zero-order valence-corrected chi connectivity index (χ0v) is 11.0. The molecule has 1 heterocycles. The van der Waals surface area contributed by atoms with Crippen molar-refractivity contribution < 1.29 is 13.9 Å². The average molecular weight is 265 g/mol. The maximum absolute atomic E-state index is 12.3. The van der Waals surface area contributed by atoms with E-state index in [1.807, 2.05) is 6.92 Å². The molecule has 2 rings (SSSR count). The lowest BCUT2D eigenvalue weighted by Gasteiger charge is -2.05. The maximum atomic E-state index is 12.3. The molecule has 0 saturated carbocycles. The number of carbonyl (C=O) groups is 1. The van der Waals surface area contributed by atoms with Crippen LogP contribution in [0.2, 0.25) is 5.02 Å². The van der Waals surface area contributed by atoms with Gasteiger partial charge in [-0.2, -0.15) is 0 Å². The number of aryl methyl sites for hydroxylation is 1. The van der Waals surface area contributed by atoms with E-state index < -0.39 is 0 Å². The molecule has 1 aromatic carbocycles. The van der Waals surface area contributed by atoms with Crippen LogP contribution in [0.1, 0.15) is 28.6 Å². The van der Waals surface area contributed by atoms with Crippen molar-refractivity contribution in [3.05, 3.63) is 52.4 Å². The van der Waals surface area contributed by atoms with Gasteiger partial charge >= 0.3 is 0 Å². The molecule has 0 fully saturated rings. The minimum absolute atomic E-state index is 0.131. The average Bonchev–Trinajstić information content (AvgIpc) is 2.86. The molecule has 0 saturated heterocycles. The molecule has 3 nitrogen and oxygen atoms in total. The number of halogens is 1. The summed E-state index contributed by atoms with van der Waals surface area (Å²) < 4.78 is 10.3. The van der Waals surface area contributed by atoms with Crippen LogP contribution in [0.3, 0.4) is 0 Å². The number of ketones is 1. The maximum Gasteiger partial charge on any atom is 0.198 e. The SMILES string of the molecule is CCc1occc1C(=O)c1ccc(OC)cc1Cl. The highest BCUT2D eigenvalue weighted by Gasteiger charge is 2.18. The Bertz CT molecular complexity index is 572. The van der Waals surface area contributed by atoms with Gasteiger partial charge in [0, 0.05) is 12.0 Å². The number of methoxy groups -OCH3 is 1. The van der Waals surface area contributed by atoms with Crippen molar-refractivity contribution in [3.63, 3.8) is 0 Å². The fraction of sp³-hybridized carbons (Fsp3) is 0.214. The van der Waals surface area contributed by atoms with Crippen molar-refractivity contribution >= 4 is 17.4 Å². The standard InChI is InChI=1S/C14H13ClO3/c1-3-13-11(6-7-18-13)14(16)10-5-4-9(17-2)8-12(10)15/h4-8H,3H2,1-2H3. The largest absolute Gasteiger partial charge is 0.497 e. The first-order valence-corrected chi connectivity index (χ1v) is 5.99. The van der Waals surface area contributed by atoms with E-state index >= 15 is 0 Å². The molecule has 0 aliphatic carbocycles. The summed E-state index contributed by atoms with van der Waals surface area (Å²) in [5, 5.41) is 0.377. The Labute approximate surface area is 110 Å². The number of hydrogen-bond donors (Lipinski definition) is 0. The highest BCUT2D eigenvalue weighted by molar-refractivity contribution is 6.35. The molecule has 2 aromatic rings. The zero-order chi connectivity index (χ0) is 13.1. The van der Waals surface area contributed by atoms with E-state index in [9.17, 15) is 4.79 Å². The van der Waals surface area contributed by atoms with E-state index in [4.69, 9.17) is 20.8 Å². The summed E-state index contributed by atoms with van der Waals surface area (Å²) in [5.74, 6) is 1.17. The molecule has 0 atom stereocenters. The van der Waals surface area contributed by atoms with Crippen molar-refractivity contribution in [2.24, 2.45) is 0 Å². The monoisotopic (exact) mass is 264 g/mol. The second-order valence-electron chi connectivity index (χ2n) is 3.79. The van der Waals surface area contributed by atoms with Gasteiger partial charge < -0.3 is 9.15 Å². The Morgan fingerprint density at radius 1 is 1.33 bits per heavy atom. The number of hydrogen-bond acceptors (Lipinski definition) is 3. The first kappa shape index (κ1) is 12.7. The van der Waals surface area contributed by atoms with Crippen LogP contribution in [0, 0.1) is 0 Å². The van der Waals surface area contributed by atoms with Crippen LogP contribution < -0.4 is 4.74 Å². The number of benzene rings is 1. The van der Waals surface area contributed by atoms with Gasteiger partial charge in [-0.1, -0.05) is 18.5 Å². The molecule has 0 bridgehead atoms. The lowest BCUT2D eigenvalue weighted by molar-refractivity contribution is 0.103. The van der Waals surface area contributed by atoms with Gasteiger partial charge in [0.05, 0.1) is 24.0 Å². The van der Waals surface area contributed by atoms with Crippen LogP contribution >= 0.6 is 11.6 Å². The van der Waals surface area contributed by atoms with Gasteiger partial charge in [0.15, 0.2) is 5.78 Å². The van der Waals surface area contributed by atoms with Crippen molar-refractivity contribution in [2.75, 3.05) is 7.11 Å². The molecule has 0 unspecified atom stereocenters. The Morgan fingerprint density at radius 3 is 2.72 bits per heavy atom. The van der Waals surface area contributed by atoms with E-state index in [0.717, 1.165) is 0 Å². The van der Waals surface area contributed by atoms with Gasteiger partial charge in [-0.15, -0.1) is 0 Å². The van der Waals surface area contributed by atoms with E-state index in [1.54, 1.807) is 31.4 Å². The van der Waals surface area contributed by atoms with Crippen LogP contribution in [0.4, 0.5) is 0 Å². The molecule has 4 heteroatoms. The number of rotatable bonds is 4. The summed E-state index contributed by atoms with van der Waals surface area (Å²) in [4.78, 5) is 12.3. The molecule has 94 valence electrons. The van der Waals surface area contributed by atoms with Crippen LogP contribution in [0.25, 0.3) is 0 Å². The summed E-state index contributed by atoms with van der Waals surface area (Å²) in [5.41, 5.74) is 1.01. The van der Waals surface area contributed by atoms with Crippen LogP contribution in [-0.2, 0) is 6.42 Å². The smallest absolute Gasteiger partial charge is 0.198 e. The Kier molecular flexibility index (Phi) is 3.72. The van der Waals surface area contributed by atoms with E-state index in [1.165, 1.54) is 6.26 Å². The highest BCUT2D eigenvalue weighted by atomic mass is 35.5. The summed E-state index contributed by atoms with van der Waals surface area (Å²) in [6.45, 7) is 1.94. The second kappa shape index (κ2) is 5.27. The third kappa shape index (κ3) is 2.27. The Hall–Kier alpha value is -1.74. The van der Waals surface area contributed by atoms with Crippen molar-refractivity contribution in [1.29, 1.82) is 0 Å². The molecule has 0 spiro atoms. The molecule has 0 aliphatic heterocycles. The quantitative estimate of drug-likeness (QED) is 0.790. The predicted octanol–water partition coefficient (Wildman–Crippen LogP) is 3.74. The number of furan rings is 1. The van der Waals surface area contributed by atoms with E-state index in [-0.39, 0.29) is 5.78 Å². The first-order chi connectivity index (χ1) is 8.67. The minimum Gasteiger partial charge on any atom is -0.497 e. The first-order valence-electron chi connectivity index (χ1n) is 5.62. The van der Waals surface area contributed by atoms with Crippen LogP contribution in [-0.4, -0.2) is 12.9 Å². The summed E-state index contributed by atoms with van der Waals surface area (Å²) in [6.07, 6.45) is 2.19. The van der Waals surface area contributed by atoms with Gasteiger partial charge in [0.2, 0.25) is 0 Å². The molecule has 0 aliphatic rings. The minimum atomic E-state index is -0.131. The third-order valence-electron chi connectivity index (χ3n) is 2.73.